The van der Waals surface area contributed by atoms with E-state index in [-0.39, 0.29) is 11.9 Å². The second-order valence-corrected chi connectivity index (χ2v) is 7.56. The van der Waals surface area contributed by atoms with E-state index in [4.69, 9.17) is 11.6 Å². The molecule has 1 atom stereocenters. The lowest BCUT2D eigenvalue weighted by atomic mass is 10.0. The molecular formula is C20H25ClN4O. The zero-order valence-corrected chi connectivity index (χ0v) is 16.3. The molecule has 3 rings (SSSR count). The molecule has 1 aromatic heterocycles. The van der Waals surface area contributed by atoms with Gasteiger partial charge in [0.25, 0.3) is 0 Å². The van der Waals surface area contributed by atoms with Crippen LogP contribution in [0.25, 0.3) is 0 Å². The largest absolute Gasteiger partial charge is 0.349 e. The first-order chi connectivity index (χ1) is 12.4. The first kappa shape index (κ1) is 18.6. The van der Waals surface area contributed by atoms with E-state index in [9.17, 15) is 4.79 Å². The lowest BCUT2D eigenvalue weighted by molar-refractivity contribution is -0.131. The van der Waals surface area contributed by atoms with Crippen LogP contribution in [0, 0.1) is 0 Å². The van der Waals surface area contributed by atoms with E-state index in [1.807, 2.05) is 11.0 Å². The molecule has 1 aliphatic heterocycles. The maximum absolute atomic E-state index is 12.7. The summed E-state index contributed by atoms with van der Waals surface area (Å²) in [6.45, 7) is 8.58. The van der Waals surface area contributed by atoms with Gasteiger partial charge in [-0.25, -0.2) is 0 Å². The van der Waals surface area contributed by atoms with Gasteiger partial charge in [0.1, 0.15) is 0 Å². The number of hydrogen-bond donors (Lipinski definition) is 0. The van der Waals surface area contributed by atoms with Crippen molar-refractivity contribution >= 4 is 23.3 Å². The minimum absolute atomic E-state index is 0.177. The minimum atomic E-state index is 0.177. The molecule has 0 radical (unpaired) electrons. The van der Waals surface area contributed by atoms with Crippen molar-refractivity contribution in [3.63, 3.8) is 0 Å². The summed E-state index contributed by atoms with van der Waals surface area (Å²) in [5.41, 5.74) is 2.37. The van der Waals surface area contributed by atoms with Crippen LogP contribution in [0.2, 0.25) is 5.15 Å². The van der Waals surface area contributed by atoms with Crippen LogP contribution in [0.4, 0.5) is 5.82 Å². The minimum Gasteiger partial charge on any atom is -0.349 e. The number of carbonyl (C=O) groups is 1. The molecule has 2 heterocycles. The van der Waals surface area contributed by atoms with Crippen LogP contribution in [0.5, 0.6) is 0 Å². The Bertz CT molecular complexity index is 745. The van der Waals surface area contributed by atoms with Crippen LogP contribution < -0.4 is 4.90 Å². The summed E-state index contributed by atoms with van der Waals surface area (Å²) in [5, 5.41) is 8.45. The predicted molar refractivity (Wildman–Crippen MR) is 105 cm³/mol. The van der Waals surface area contributed by atoms with Gasteiger partial charge in [-0.05, 0) is 36.1 Å². The second kappa shape index (κ2) is 8.04. The number of halogens is 1. The highest BCUT2D eigenvalue weighted by atomic mass is 35.5. The summed E-state index contributed by atoms with van der Waals surface area (Å²) >= 11 is 5.81. The third-order valence-electron chi connectivity index (χ3n) is 4.89. The summed E-state index contributed by atoms with van der Waals surface area (Å²) in [7, 11) is 0. The first-order valence-electron chi connectivity index (χ1n) is 9.06. The Kier molecular flexibility index (Phi) is 5.77. The number of hydrogen-bond acceptors (Lipinski definition) is 4. The van der Waals surface area contributed by atoms with Crippen molar-refractivity contribution in [2.45, 2.75) is 39.2 Å². The highest BCUT2D eigenvalue weighted by molar-refractivity contribution is 6.29. The Balaban J connectivity index is 1.59. The number of aromatic nitrogens is 2. The van der Waals surface area contributed by atoms with E-state index in [1.165, 1.54) is 5.56 Å². The molecule has 5 nitrogen and oxygen atoms in total. The Morgan fingerprint density at radius 2 is 1.88 bits per heavy atom. The number of piperazine rings is 1. The fourth-order valence-electron chi connectivity index (χ4n) is 3.29. The van der Waals surface area contributed by atoms with E-state index in [2.05, 4.69) is 60.1 Å². The van der Waals surface area contributed by atoms with E-state index in [1.54, 1.807) is 6.07 Å². The number of benzene rings is 1. The quantitative estimate of drug-likeness (QED) is 0.823. The van der Waals surface area contributed by atoms with Crippen LogP contribution in [-0.2, 0) is 11.2 Å². The van der Waals surface area contributed by atoms with Gasteiger partial charge in [0.05, 0.1) is 6.42 Å². The summed E-state index contributed by atoms with van der Waals surface area (Å²) in [6, 6.07) is 12.2. The molecule has 1 amide bonds. The van der Waals surface area contributed by atoms with E-state index in [0.717, 1.165) is 17.9 Å². The number of carbonyl (C=O) groups excluding carboxylic acids is 1. The third-order valence-corrected chi connectivity index (χ3v) is 5.10. The summed E-state index contributed by atoms with van der Waals surface area (Å²) < 4.78 is 0. The Hall–Kier alpha value is -2.14. The SMILES string of the molecule is CC(C)c1ccc(CC(=O)N2CCN(c3ccc(Cl)nn3)[C@@H](C)C2)cc1. The average molecular weight is 373 g/mol. The van der Waals surface area contributed by atoms with Gasteiger partial charge in [-0.15, -0.1) is 10.2 Å². The molecular weight excluding hydrogens is 348 g/mol. The number of amides is 1. The van der Waals surface area contributed by atoms with Gasteiger partial charge in [-0.1, -0.05) is 49.7 Å². The maximum atomic E-state index is 12.7. The number of anilines is 1. The summed E-state index contributed by atoms with van der Waals surface area (Å²) in [4.78, 5) is 16.8. The molecule has 1 aromatic carbocycles. The molecule has 0 unspecified atom stereocenters. The zero-order chi connectivity index (χ0) is 18.7. The van der Waals surface area contributed by atoms with Gasteiger partial charge >= 0.3 is 0 Å². The smallest absolute Gasteiger partial charge is 0.227 e. The summed E-state index contributed by atoms with van der Waals surface area (Å²) in [5.74, 6) is 1.49. The fourth-order valence-corrected chi connectivity index (χ4v) is 3.39. The van der Waals surface area contributed by atoms with Crippen molar-refractivity contribution in [2.75, 3.05) is 24.5 Å². The maximum Gasteiger partial charge on any atom is 0.227 e. The first-order valence-corrected chi connectivity index (χ1v) is 9.44. The Labute approximate surface area is 160 Å². The average Bonchev–Trinajstić information content (AvgIpc) is 2.63. The lowest BCUT2D eigenvalue weighted by Gasteiger charge is -2.40. The van der Waals surface area contributed by atoms with Gasteiger partial charge in [0.2, 0.25) is 5.91 Å². The van der Waals surface area contributed by atoms with Gasteiger partial charge in [0, 0.05) is 25.7 Å². The molecule has 1 aliphatic rings. The number of nitrogens with zero attached hydrogens (tertiary/aromatic N) is 4. The van der Waals surface area contributed by atoms with Crippen LogP contribution >= 0.6 is 11.6 Å². The zero-order valence-electron chi connectivity index (χ0n) is 15.5. The van der Waals surface area contributed by atoms with Crippen molar-refractivity contribution < 1.29 is 4.79 Å². The molecule has 0 N–H and O–H groups in total. The highest BCUT2D eigenvalue weighted by Gasteiger charge is 2.27. The standard InChI is InChI=1S/C20H25ClN4O/c1-14(2)17-6-4-16(5-7-17)12-20(26)24-10-11-25(15(3)13-24)19-9-8-18(21)22-23-19/h4-9,14-15H,10-13H2,1-3H3/t15-/m0/s1. The van der Waals surface area contributed by atoms with Crippen LogP contribution in [0.15, 0.2) is 36.4 Å². The predicted octanol–water partition coefficient (Wildman–Crippen LogP) is 3.53. The van der Waals surface area contributed by atoms with Crippen LogP contribution in [0.3, 0.4) is 0 Å². The fraction of sp³-hybridized carbons (Fsp3) is 0.450. The van der Waals surface area contributed by atoms with E-state index >= 15 is 0 Å². The highest BCUT2D eigenvalue weighted by Crippen LogP contribution is 2.20. The van der Waals surface area contributed by atoms with Crippen molar-refractivity contribution in [3.05, 3.63) is 52.7 Å². The van der Waals surface area contributed by atoms with Crippen molar-refractivity contribution in [3.8, 4) is 0 Å². The third kappa shape index (κ3) is 4.33. The van der Waals surface area contributed by atoms with Gasteiger partial charge in [0.15, 0.2) is 11.0 Å². The molecule has 0 bridgehead atoms. The van der Waals surface area contributed by atoms with Crippen LogP contribution in [0.1, 0.15) is 37.8 Å². The van der Waals surface area contributed by atoms with Crippen molar-refractivity contribution in [1.29, 1.82) is 0 Å². The molecule has 6 heteroatoms. The number of rotatable bonds is 4. The molecule has 1 fully saturated rings. The molecule has 2 aromatic rings. The topological polar surface area (TPSA) is 49.3 Å². The monoisotopic (exact) mass is 372 g/mol. The van der Waals surface area contributed by atoms with Crippen molar-refractivity contribution in [2.24, 2.45) is 0 Å². The molecule has 1 saturated heterocycles. The molecule has 138 valence electrons. The van der Waals surface area contributed by atoms with Gasteiger partial charge < -0.3 is 9.80 Å². The second-order valence-electron chi connectivity index (χ2n) is 7.17. The molecule has 26 heavy (non-hydrogen) atoms. The molecule has 0 saturated carbocycles. The molecule has 0 aliphatic carbocycles. The Morgan fingerprint density at radius 1 is 1.15 bits per heavy atom. The van der Waals surface area contributed by atoms with E-state index in [0.29, 0.717) is 30.6 Å². The Morgan fingerprint density at radius 3 is 2.46 bits per heavy atom. The van der Waals surface area contributed by atoms with Gasteiger partial charge in [-0.3, -0.25) is 4.79 Å². The molecule has 0 spiro atoms. The van der Waals surface area contributed by atoms with Gasteiger partial charge in [-0.2, -0.15) is 0 Å². The van der Waals surface area contributed by atoms with Crippen molar-refractivity contribution in [1.82, 2.24) is 15.1 Å². The van der Waals surface area contributed by atoms with E-state index < -0.39 is 0 Å². The van der Waals surface area contributed by atoms with Crippen LogP contribution in [-0.4, -0.2) is 46.7 Å². The summed E-state index contributed by atoms with van der Waals surface area (Å²) in [6.07, 6.45) is 0.450. The normalized spacial score (nSPS) is 17.7. The lowest BCUT2D eigenvalue weighted by Crippen LogP contribution is -2.54.